The number of rotatable bonds is 6. The van der Waals surface area contributed by atoms with Crippen LogP contribution in [-0.4, -0.2) is 35.9 Å². The van der Waals surface area contributed by atoms with Crippen molar-refractivity contribution in [3.05, 3.63) is 5.01 Å². The number of methoxy groups -OCH3 is 1. The van der Waals surface area contributed by atoms with Crippen LogP contribution in [0.2, 0.25) is 0 Å². The van der Waals surface area contributed by atoms with Gasteiger partial charge in [0, 0.05) is 13.5 Å². The lowest BCUT2D eigenvalue weighted by Gasteiger charge is -2.08. The summed E-state index contributed by atoms with van der Waals surface area (Å²) in [4.78, 5) is 11.5. The number of nitrogens with one attached hydrogen (secondary N) is 1. The molecule has 0 bridgehead atoms. The first-order valence-corrected chi connectivity index (χ1v) is 5.86. The number of carbonyl (C=O) groups is 1. The predicted molar refractivity (Wildman–Crippen MR) is 62.4 cm³/mol. The zero-order valence-corrected chi connectivity index (χ0v) is 10.2. The van der Waals surface area contributed by atoms with Gasteiger partial charge in [0.25, 0.3) is 0 Å². The molecular formula is C9H16N4O2S. The molecule has 0 aliphatic rings. The van der Waals surface area contributed by atoms with Gasteiger partial charge in [-0.15, -0.1) is 10.2 Å². The minimum absolute atomic E-state index is 0.187. The average Bonchev–Trinajstić information content (AvgIpc) is 2.66. The standard InChI is InChI=1S/C9H16N4O2S/c1-3-4-7-12-13-9(16-7)11-8(14)6(10)5-15-2/h6H,3-5,10H2,1-2H3,(H,11,13,14). The van der Waals surface area contributed by atoms with Crippen LogP contribution in [-0.2, 0) is 16.0 Å². The largest absolute Gasteiger partial charge is 0.383 e. The molecule has 1 aromatic rings. The molecule has 7 heteroatoms. The second kappa shape index (κ2) is 6.51. The fourth-order valence-corrected chi connectivity index (χ4v) is 1.92. The van der Waals surface area contributed by atoms with Gasteiger partial charge in [-0.25, -0.2) is 0 Å². The number of amides is 1. The number of aromatic nitrogens is 2. The molecule has 1 amide bonds. The maximum absolute atomic E-state index is 11.5. The molecule has 1 unspecified atom stereocenters. The fraction of sp³-hybridized carbons (Fsp3) is 0.667. The Labute approximate surface area is 98.2 Å². The van der Waals surface area contributed by atoms with E-state index in [1.165, 1.54) is 18.4 Å². The van der Waals surface area contributed by atoms with E-state index in [-0.39, 0.29) is 12.5 Å². The summed E-state index contributed by atoms with van der Waals surface area (Å²) in [6, 6.07) is -0.677. The molecule has 0 aliphatic carbocycles. The summed E-state index contributed by atoms with van der Waals surface area (Å²) in [5.74, 6) is -0.305. The van der Waals surface area contributed by atoms with E-state index < -0.39 is 6.04 Å². The van der Waals surface area contributed by atoms with Crippen molar-refractivity contribution in [3.63, 3.8) is 0 Å². The Morgan fingerprint density at radius 1 is 1.62 bits per heavy atom. The summed E-state index contributed by atoms with van der Waals surface area (Å²) in [6.45, 7) is 2.25. The van der Waals surface area contributed by atoms with Gasteiger partial charge in [-0.05, 0) is 6.42 Å². The van der Waals surface area contributed by atoms with E-state index in [1.807, 2.05) is 0 Å². The van der Waals surface area contributed by atoms with Crippen molar-refractivity contribution in [2.24, 2.45) is 5.73 Å². The Morgan fingerprint density at radius 3 is 3.00 bits per heavy atom. The molecule has 0 spiro atoms. The summed E-state index contributed by atoms with van der Waals surface area (Å²) in [5.41, 5.74) is 5.56. The van der Waals surface area contributed by atoms with Gasteiger partial charge in [-0.2, -0.15) is 0 Å². The number of nitrogens with zero attached hydrogens (tertiary/aromatic N) is 2. The maximum atomic E-state index is 11.5. The Morgan fingerprint density at radius 2 is 2.38 bits per heavy atom. The highest BCUT2D eigenvalue weighted by molar-refractivity contribution is 7.15. The molecule has 0 aliphatic heterocycles. The van der Waals surface area contributed by atoms with Crippen LogP contribution >= 0.6 is 11.3 Å². The molecule has 1 heterocycles. The van der Waals surface area contributed by atoms with Crippen molar-refractivity contribution in [2.75, 3.05) is 19.0 Å². The third-order valence-corrected chi connectivity index (χ3v) is 2.74. The monoisotopic (exact) mass is 244 g/mol. The number of hydrogen-bond donors (Lipinski definition) is 2. The van der Waals surface area contributed by atoms with E-state index in [0.29, 0.717) is 5.13 Å². The van der Waals surface area contributed by atoms with Gasteiger partial charge in [0.2, 0.25) is 11.0 Å². The molecule has 1 atom stereocenters. The topological polar surface area (TPSA) is 90.1 Å². The molecule has 0 fully saturated rings. The lowest BCUT2D eigenvalue weighted by Crippen LogP contribution is -2.39. The predicted octanol–water partition coefficient (Wildman–Crippen LogP) is 0.403. The molecule has 0 saturated carbocycles. The quantitative estimate of drug-likeness (QED) is 0.756. The van der Waals surface area contributed by atoms with Crippen molar-refractivity contribution in [3.8, 4) is 0 Å². The van der Waals surface area contributed by atoms with Gasteiger partial charge in [-0.3, -0.25) is 10.1 Å². The second-order valence-electron chi connectivity index (χ2n) is 3.30. The van der Waals surface area contributed by atoms with Crippen LogP contribution in [0.15, 0.2) is 0 Å². The van der Waals surface area contributed by atoms with Gasteiger partial charge in [0.15, 0.2) is 0 Å². The Hall–Kier alpha value is -1.05. The van der Waals surface area contributed by atoms with E-state index in [2.05, 4.69) is 22.4 Å². The molecule has 90 valence electrons. The lowest BCUT2D eigenvalue weighted by atomic mass is 10.3. The van der Waals surface area contributed by atoms with E-state index in [0.717, 1.165) is 17.8 Å². The number of aryl methyl sites for hydroxylation is 1. The summed E-state index contributed by atoms with van der Waals surface area (Å²) in [6.07, 6.45) is 1.88. The van der Waals surface area contributed by atoms with E-state index >= 15 is 0 Å². The van der Waals surface area contributed by atoms with E-state index in [9.17, 15) is 4.79 Å². The molecule has 0 radical (unpaired) electrons. The summed E-state index contributed by atoms with van der Waals surface area (Å²) in [7, 11) is 1.50. The van der Waals surface area contributed by atoms with Crippen LogP contribution in [0.5, 0.6) is 0 Å². The van der Waals surface area contributed by atoms with Crippen molar-refractivity contribution in [1.29, 1.82) is 0 Å². The molecule has 0 aromatic carbocycles. The number of nitrogens with two attached hydrogens (primary N) is 1. The molecule has 1 aromatic heterocycles. The first-order chi connectivity index (χ1) is 7.67. The molecule has 3 N–H and O–H groups in total. The Kier molecular flexibility index (Phi) is 5.30. The molecule has 16 heavy (non-hydrogen) atoms. The van der Waals surface area contributed by atoms with Gasteiger partial charge in [0.1, 0.15) is 11.0 Å². The number of anilines is 1. The zero-order valence-electron chi connectivity index (χ0n) is 9.40. The van der Waals surface area contributed by atoms with Gasteiger partial charge in [-0.1, -0.05) is 18.3 Å². The van der Waals surface area contributed by atoms with Gasteiger partial charge < -0.3 is 10.5 Å². The molecule has 6 nitrogen and oxygen atoms in total. The first-order valence-electron chi connectivity index (χ1n) is 5.05. The number of carbonyl (C=O) groups excluding carboxylic acids is 1. The smallest absolute Gasteiger partial charge is 0.245 e. The van der Waals surface area contributed by atoms with Crippen LogP contribution in [0.1, 0.15) is 18.4 Å². The average molecular weight is 244 g/mol. The molecular weight excluding hydrogens is 228 g/mol. The third kappa shape index (κ3) is 3.84. The van der Waals surface area contributed by atoms with Crippen molar-refractivity contribution in [1.82, 2.24) is 10.2 Å². The van der Waals surface area contributed by atoms with Gasteiger partial charge >= 0.3 is 0 Å². The highest BCUT2D eigenvalue weighted by Gasteiger charge is 2.15. The van der Waals surface area contributed by atoms with Crippen molar-refractivity contribution >= 4 is 22.4 Å². The van der Waals surface area contributed by atoms with Crippen LogP contribution in [0.25, 0.3) is 0 Å². The van der Waals surface area contributed by atoms with Crippen LogP contribution < -0.4 is 11.1 Å². The van der Waals surface area contributed by atoms with Crippen LogP contribution in [0.4, 0.5) is 5.13 Å². The van der Waals surface area contributed by atoms with Crippen molar-refractivity contribution in [2.45, 2.75) is 25.8 Å². The van der Waals surface area contributed by atoms with Crippen LogP contribution in [0, 0.1) is 0 Å². The lowest BCUT2D eigenvalue weighted by molar-refractivity contribution is -0.118. The minimum atomic E-state index is -0.677. The van der Waals surface area contributed by atoms with E-state index in [1.54, 1.807) is 0 Å². The second-order valence-corrected chi connectivity index (χ2v) is 4.36. The minimum Gasteiger partial charge on any atom is -0.383 e. The number of hydrogen-bond acceptors (Lipinski definition) is 6. The fourth-order valence-electron chi connectivity index (χ4n) is 1.07. The first kappa shape index (κ1) is 13.0. The maximum Gasteiger partial charge on any atom is 0.245 e. The van der Waals surface area contributed by atoms with E-state index in [4.69, 9.17) is 10.5 Å². The zero-order chi connectivity index (χ0) is 12.0. The Balaban J connectivity index is 2.49. The van der Waals surface area contributed by atoms with Crippen molar-refractivity contribution < 1.29 is 9.53 Å². The highest BCUT2D eigenvalue weighted by atomic mass is 32.1. The SMILES string of the molecule is CCCc1nnc(NC(=O)C(N)COC)s1. The molecule has 0 saturated heterocycles. The third-order valence-electron chi connectivity index (χ3n) is 1.84. The van der Waals surface area contributed by atoms with Gasteiger partial charge in [0.05, 0.1) is 6.61 Å². The Bertz CT molecular complexity index is 342. The number of ether oxygens (including phenoxy) is 1. The summed E-state index contributed by atoms with van der Waals surface area (Å²) in [5, 5.41) is 11.8. The normalized spacial score (nSPS) is 12.4. The highest BCUT2D eigenvalue weighted by Crippen LogP contribution is 2.16. The summed E-state index contributed by atoms with van der Waals surface area (Å²) >= 11 is 1.37. The summed E-state index contributed by atoms with van der Waals surface area (Å²) < 4.78 is 4.79. The molecule has 1 rings (SSSR count). The van der Waals surface area contributed by atoms with Crippen LogP contribution in [0.3, 0.4) is 0 Å².